The highest BCUT2D eigenvalue weighted by atomic mass is 32.2. The lowest BCUT2D eigenvalue weighted by molar-refractivity contribution is 0.102. The van der Waals surface area contributed by atoms with Crippen molar-refractivity contribution in [2.75, 3.05) is 18.2 Å². The Hall–Kier alpha value is -2.87. The minimum Gasteiger partial charge on any atom is -0.494 e. The third-order valence-electron chi connectivity index (χ3n) is 3.54. The van der Waals surface area contributed by atoms with Crippen molar-refractivity contribution in [2.45, 2.75) is 18.5 Å². The Labute approximate surface area is 155 Å². The smallest absolute Gasteiger partial charge is 0.255 e. The number of carbonyl (C=O) groups excluding carboxylic acids is 1. The molecule has 0 unspecified atom stereocenters. The lowest BCUT2D eigenvalue weighted by Gasteiger charge is -2.09. The Morgan fingerprint density at radius 3 is 2.88 bits per heavy atom. The molecule has 0 aliphatic rings. The number of carbonyl (C=O) groups is 1. The quantitative estimate of drug-likeness (QED) is 0.643. The summed E-state index contributed by atoms with van der Waals surface area (Å²) in [7, 11) is 0. The van der Waals surface area contributed by atoms with Crippen LogP contribution < -0.4 is 10.1 Å². The van der Waals surface area contributed by atoms with E-state index in [2.05, 4.69) is 20.8 Å². The molecule has 0 bridgehead atoms. The van der Waals surface area contributed by atoms with Crippen LogP contribution in [0.3, 0.4) is 0 Å². The molecule has 3 aromatic rings. The SMILES string of the molecule is CCCOc1cccc(C(=O)Nc2cccc(-n3nnnc3SC)c2)c1. The molecule has 1 aromatic heterocycles. The highest BCUT2D eigenvalue weighted by Crippen LogP contribution is 2.20. The van der Waals surface area contributed by atoms with Crippen molar-refractivity contribution < 1.29 is 9.53 Å². The molecule has 1 N–H and O–H groups in total. The summed E-state index contributed by atoms with van der Waals surface area (Å²) < 4.78 is 7.21. The molecule has 0 fully saturated rings. The molecule has 26 heavy (non-hydrogen) atoms. The first-order valence-corrected chi connectivity index (χ1v) is 9.40. The minimum atomic E-state index is -0.203. The number of amides is 1. The number of nitrogens with zero attached hydrogens (tertiary/aromatic N) is 4. The average Bonchev–Trinajstić information content (AvgIpc) is 3.15. The van der Waals surface area contributed by atoms with Gasteiger partial charge < -0.3 is 10.1 Å². The van der Waals surface area contributed by atoms with Gasteiger partial charge in [-0.1, -0.05) is 30.8 Å². The number of benzene rings is 2. The zero-order valence-corrected chi connectivity index (χ0v) is 15.4. The van der Waals surface area contributed by atoms with E-state index < -0.39 is 0 Å². The van der Waals surface area contributed by atoms with Crippen LogP contribution in [0.2, 0.25) is 0 Å². The molecule has 2 aromatic carbocycles. The van der Waals surface area contributed by atoms with Crippen molar-refractivity contribution in [3.8, 4) is 11.4 Å². The van der Waals surface area contributed by atoms with Crippen LogP contribution in [0, 0.1) is 0 Å². The van der Waals surface area contributed by atoms with E-state index in [0.717, 1.165) is 12.1 Å². The van der Waals surface area contributed by atoms with Crippen molar-refractivity contribution in [3.05, 3.63) is 54.1 Å². The van der Waals surface area contributed by atoms with Crippen LogP contribution in [0.15, 0.2) is 53.7 Å². The van der Waals surface area contributed by atoms with Crippen molar-refractivity contribution in [2.24, 2.45) is 0 Å². The summed E-state index contributed by atoms with van der Waals surface area (Å²) in [5.74, 6) is 0.484. The monoisotopic (exact) mass is 369 g/mol. The van der Waals surface area contributed by atoms with E-state index in [-0.39, 0.29) is 5.91 Å². The Bertz CT molecular complexity index is 897. The van der Waals surface area contributed by atoms with Crippen LogP contribution >= 0.6 is 11.8 Å². The van der Waals surface area contributed by atoms with Gasteiger partial charge in [-0.05, 0) is 59.5 Å². The van der Waals surface area contributed by atoms with Gasteiger partial charge in [-0.3, -0.25) is 4.79 Å². The molecule has 0 atom stereocenters. The van der Waals surface area contributed by atoms with Crippen molar-refractivity contribution in [1.82, 2.24) is 20.2 Å². The highest BCUT2D eigenvalue weighted by molar-refractivity contribution is 7.98. The molecule has 7 nitrogen and oxygen atoms in total. The molecule has 0 radical (unpaired) electrons. The van der Waals surface area contributed by atoms with Crippen LogP contribution in [0.1, 0.15) is 23.7 Å². The van der Waals surface area contributed by atoms with E-state index in [1.165, 1.54) is 11.8 Å². The van der Waals surface area contributed by atoms with E-state index in [9.17, 15) is 4.79 Å². The van der Waals surface area contributed by atoms with Gasteiger partial charge in [0.15, 0.2) is 0 Å². The summed E-state index contributed by atoms with van der Waals surface area (Å²) >= 11 is 1.45. The fourth-order valence-corrected chi connectivity index (χ4v) is 2.77. The van der Waals surface area contributed by atoms with E-state index >= 15 is 0 Å². The second kappa shape index (κ2) is 8.48. The summed E-state index contributed by atoms with van der Waals surface area (Å²) in [5.41, 5.74) is 1.98. The zero-order chi connectivity index (χ0) is 18.4. The fraction of sp³-hybridized carbons (Fsp3) is 0.222. The lowest BCUT2D eigenvalue weighted by Crippen LogP contribution is -2.12. The normalized spacial score (nSPS) is 10.5. The molecule has 0 saturated heterocycles. The first kappa shape index (κ1) is 17.9. The molecule has 134 valence electrons. The summed E-state index contributed by atoms with van der Waals surface area (Å²) in [6.45, 7) is 2.66. The van der Waals surface area contributed by atoms with Crippen LogP contribution in [-0.4, -0.2) is 39.0 Å². The van der Waals surface area contributed by atoms with E-state index in [0.29, 0.717) is 28.8 Å². The topological polar surface area (TPSA) is 81.9 Å². The van der Waals surface area contributed by atoms with Gasteiger partial charge in [0.2, 0.25) is 5.16 Å². The van der Waals surface area contributed by atoms with Gasteiger partial charge in [0.25, 0.3) is 5.91 Å². The maximum atomic E-state index is 12.5. The molecule has 1 heterocycles. The Morgan fingerprint density at radius 2 is 2.08 bits per heavy atom. The summed E-state index contributed by atoms with van der Waals surface area (Å²) in [5, 5.41) is 15.2. The fourth-order valence-electron chi connectivity index (χ4n) is 2.33. The number of rotatable bonds is 7. The van der Waals surface area contributed by atoms with Gasteiger partial charge >= 0.3 is 0 Å². The zero-order valence-electron chi connectivity index (χ0n) is 14.5. The van der Waals surface area contributed by atoms with Crippen LogP contribution in [0.4, 0.5) is 5.69 Å². The molecule has 0 spiro atoms. The first-order valence-electron chi connectivity index (χ1n) is 8.18. The largest absolute Gasteiger partial charge is 0.494 e. The number of nitrogens with one attached hydrogen (secondary N) is 1. The number of hydrogen-bond acceptors (Lipinski definition) is 6. The Kier molecular flexibility index (Phi) is 5.85. The van der Waals surface area contributed by atoms with E-state index in [1.807, 2.05) is 49.6 Å². The number of tetrazole rings is 1. The first-order chi connectivity index (χ1) is 12.7. The molecule has 0 aliphatic carbocycles. The number of thioether (sulfide) groups is 1. The molecule has 0 saturated carbocycles. The summed E-state index contributed by atoms with van der Waals surface area (Å²) in [4.78, 5) is 12.5. The predicted molar refractivity (Wildman–Crippen MR) is 101 cm³/mol. The predicted octanol–water partition coefficient (Wildman–Crippen LogP) is 3.43. The van der Waals surface area contributed by atoms with Crippen molar-refractivity contribution in [1.29, 1.82) is 0 Å². The number of ether oxygens (including phenoxy) is 1. The van der Waals surface area contributed by atoms with Gasteiger partial charge in [0, 0.05) is 11.3 Å². The Balaban J connectivity index is 1.77. The van der Waals surface area contributed by atoms with Gasteiger partial charge in [-0.25, -0.2) is 0 Å². The average molecular weight is 369 g/mol. The highest BCUT2D eigenvalue weighted by Gasteiger charge is 2.10. The van der Waals surface area contributed by atoms with E-state index in [4.69, 9.17) is 4.74 Å². The minimum absolute atomic E-state index is 0.203. The third kappa shape index (κ3) is 4.20. The maximum absolute atomic E-state index is 12.5. The van der Waals surface area contributed by atoms with Crippen molar-refractivity contribution >= 4 is 23.4 Å². The number of hydrogen-bond donors (Lipinski definition) is 1. The lowest BCUT2D eigenvalue weighted by atomic mass is 10.2. The molecule has 3 rings (SSSR count). The standard InChI is InChI=1S/C18H19N5O2S/c1-3-10-25-16-9-4-6-13(11-16)17(24)19-14-7-5-8-15(12-14)23-18(26-2)20-21-22-23/h4-9,11-12H,3,10H2,1-2H3,(H,19,24). The number of aromatic nitrogens is 4. The summed E-state index contributed by atoms with van der Waals surface area (Å²) in [6, 6.07) is 14.5. The van der Waals surface area contributed by atoms with Crippen LogP contribution in [0.5, 0.6) is 5.75 Å². The molecule has 0 aliphatic heterocycles. The van der Waals surface area contributed by atoms with Gasteiger partial charge in [-0.2, -0.15) is 4.68 Å². The molecular weight excluding hydrogens is 350 g/mol. The molecule has 1 amide bonds. The van der Waals surface area contributed by atoms with Gasteiger partial charge in [0.05, 0.1) is 12.3 Å². The maximum Gasteiger partial charge on any atom is 0.255 e. The second-order valence-corrected chi connectivity index (χ2v) is 6.23. The van der Waals surface area contributed by atoms with E-state index in [1.54, 1.807) is 16.8 Å². The van der Waals surface area contributed by atoms with Gasteiger partial charge in [-0.15, -0.1) is 5.10 Å². The summed E-state index contributed by atoms with van der Waals surface area (Å²) in [6.07, 6.45) is 2.82. The second-order valence-electron chi connectivity index (χ2n) is 5.46. The van der Waals surface area contributed by atoms with Crippen LogP contribution in [0.25, 0.3) is 5.69 Å². The van der Waals surface area contributed by atoms with Gasteiger partial charge in [0.1, 0.15) is 5.75 Å². The molecular formula is C18H19N5O2S. The molecule has 8 heteroatoms. The Morgan fingerprint density at radius 1 is 1.23 bits per heavy atom. The van der Waals surface area contributed by atoms with Crippen molar-refractivity contribution in [3.63, 3.8) is 0 Å². The third-order valence-corrected chi connectivity index (χ3v) is 4.16. The number of anilines is 1. The van der Waals surface area contributed by atoms with Crippen LogP contribution in [-0.2, 0) is 0 Å².